The van der Waals surface area contributed by atoms with Crippen LogP contribution in [0.15, 0.2) is 36.4 Å². The molecule has 2 rings (SSSR count). The van der Waals surface area contributed by atoms with Gasteiger partial charge < -0.3 is 9.84 Å². The maximum absolute atomic E-state index is 14.4. The molecule has 1 aromatic carbocycles. The Labute approximate surface area is 181 Å². The minimum atomic E-state index is -4.60. The molecule has 0 amide bonds. The van der Waals surface area contributed by atoms with Gasteiger partial charge in [0.25, 0.3) is 0 Å². The first kappa shape index (κ1) is 25.4. The Kier molecular flexibility index (Phi) is 9.10. The standard InChI is InChI=1S/C24H32F4O3/c1-3-4-5-6-18-7-9-19(10-8-18)20-11-13-21(14-12-20)24(27,28)23(25,26)16-31-22(30)17(2)15-29/h11-14,18-19,29H,2-10,15-16H2,1H3. The van der Waals surface area contributed by atoms with E-state index in [0.29, 0.717) is 0 Å². The average molecular weight is 445 g/mol. The molecular formula is C24H32F4O3. The summed E-state index contributed by atoms with van der Waals surface area (Å²) in [6, 6.07) is 5.07. The van der Waals surface area contributed by atoms with Gasteiger partial charge >= 0.3 is 17.8 Å². The highest BCUT2D eigenvalue weighted by Gasteiger charge is 2.58. The van der Waals surface area contributed by atoms with Gasteiger partial charge in [0, 0.05) is 5.56 Å². The molecule has 1 aromatic rings. The summed E-state index contributed by atoms with van der Waals surface area (Å²) in [6.45, 7) is 2.69. The van der Waals surface area contributed by atoms with Crippen LogP contribution in [0.2, 0.25) is 0 Å². The molecule has 1 N–H and O–H groups in total. The smallest absolute Gasteiger partial charge is 0.347 e. The average Bonchev–Trinajstić information content (AvgIpc) is 2.77. The summed E-state index contributed by atoms with van der Waals surface area (Å²) in [6.07, 6.45) is 9.09. The summed E-state index contributed by atoms with van der Waals surface area (Å²) in [4.78, 5) is 11.3. The zero-order valence-electron chi connectivity index (χ0n) is 18.0. The molecule has 0 radical (unpaired) electrons. The quantitative estimate of drug-likeness (QED) is 0.187. The van der Waals surface area contributed by atoms with Crippen molar-refractivity contribution in [2.24, 2.45) is 5.92 Å². The van der Waals surface area contributed by atoms with E-state index < -0.39 is 42.2 Å². The number of carbonyl (C=O) groups is 1. The van der Waals surface area contributed by atoms with Crippen LogP contribution >= 0.6 is 0 Å². The number of rotatable bonds is 11. The lowest BCUT2D eigenvalue weighted by Gasteiger charge is -2.30. The number of aliphatic hydroxyl groups excluding tert-OH is 1. The highest BCUT2D eigenvalue weighted by molar-refractivity contribution is 5.87. The van der Waals surface area contributed by atoms with E-state index in [-0.39, 0.29) is 5.92 Å². The number of hydrogen-bond donors (Lipinski definition) is 1. The summed E-state index contributed by atoms with van der Waals surface area (Å²) >= 11 is 0. The van der Waals surface area contributed by atoms with Crippen molar-refractivity contribution in [3.05, 3.63) is 47.5 Å². The number of benzene rings is 1. The van der Waals surface area contributed by atoms with Gasteiger partial charge in [-0.25, -0.2) is 4.79 Å². The monoisotopic (exact) mass is 444 g/mol. The topological polar surface area (TPSA) is 46.5 Å². The Balaban J connectivity index is 1.96. The first-order valence-electron chi connectivity index (χ1n) is 10.9. The second-order valence-electron chi connectivity index (χ2n) is 8.45. The van der Waals surface area contributed by atoms with Crippen LogP contribution in [-0.4, -0.2) is 30.2 Å². The van der Waals surface area contributed by atoms with Crippen molar-refractivity contribution in [3.8, 4) is 0 Å². The van der Waals surface area contributed by atoms with Gasteiger partial charge in [-0.3, -0.25) is 0 Å². The number of carbonyl (C=O) groups excluding carboxylic acids is 1. The van der Waals surface area contributed by atoms with E-state index in [9.17, 15) is 22.4 Å². The molecule has 0 atom stereocenters. The van der Waals surface area contributed by atoms with Gasteiger partial charge in [-0.05, 0) is 43.1 Å². The Morgan fingerprint density at radius 1 is 1.10 bits per heavy atom. The van der Waals surface area contributed by atoms with Crippen LogP contribution in [0.4, 0.5) is 17.6 Å². The van der Waals surface area contributed by atoms with Gasteiger partial charge in [-0.15, -0.1) is 0 Å². The fraction of sp³-hybridized carbons (Fsp3) is 0.625. The predicted molar refractivity (Wildman–Crippen MR) is 111 cm³/mol. The van der Waals surface area contributed by atoms with E-state index in [4.69, 9.17) is 5.11 Å². The van der Waals surface area contributed by atoms with Crippen molar-refractivity contribution in [1.29, 1.82) is 0 Å². The van der Waals surface area contributed by atoms with Gasteiger partial charge in [0.15, 0.2) is 6.61 Å². The summed E-state index contributed by atoms with van der Waals surface area (Å²) in [7, 11) is 0. The summed E-state index contributed by atoms with van der Waals surface area (Å²) in [5.41, 5.74) is -0.421. The molecule has 7 heteroatoms. The number of aliphatic hydroxyl groups is 1. The Morgan fingerprint density at radius 3 is 2.26 bits per heavy atom. The van der Waals surface area contributed by atoms with E-state index in [2.05, 4.69) is 18.2 Å². The normalized spacial score (nSPS) is 19.8. The summed E-state index contributed by atoms with van der Waals surface area (Å²) in [5.74, 6) is -9.47. The fourth-order valence-corrected chi connectivity index (χ4v) is 4.06. The van der Waals surface area contributed by atoms with E-state index >= 15 is 0 Å². The van der Waals surface area contributed by atoms with Crippen LogP contribution in [0.5, 0.6) is 0 Å². The SMILES string of the molecule is C=C(CO)C(=O)OCC(F)(F)C(F)(F)c1ccc(C2CCC(CCCCC)CC2)cc1. The van der Waals surface area contributed by atoms with Crippen LogP contribution in [0.25, 0.3) is 0 Å². The van der Waals surface area contributed by atoms with Crippen molar-refractivity contribution < 1.29 is 32.2 Å². The Hall–Kier alpha value is -1.89. The molecule has 31 heavy (non-hydrogen) atoms. The van der Waals surface area contributed by atoms with Gasteiger partial charge in [0.05, 0.1) is 12.2 Å². The van der Waals surface area contributed by atoms with Crippen LogP contribution in [-0.2, 0) is 15.5 Å². The predicted octanol–water partition coefficient (Wildman–Crippen LogP) is 6.36. The third-order valence-corrected chi connectivity index (χ3v) is 6.13. The number of ether oxygens (including phenoxy) is 1. The highest BCUT2D eigenvalue weighted by atomic mass is 19.3. The molecule has 0 aromatic heterocycles. The van der Waals surface area contributed by atoms with Crippen molar-refractivity contribution in [3.63, 3.8) is 0 Å². The first-order valence-corrected chi connectivity index (χ1v) is 10.9. The molecule has 174 valence electrons. The number of alkyl halides is 4. The molecule has 3 nitrogen and oxygen atoms in total. The second-order valence-corrected chi connectivity index (χ2v) is 8.45. The maximum atomic E-state index is 14.4. The van der Waals surface area contributed by atoms with Crippen LogP contribution in [0.1, 0.15) is 75.3 Å². The second kappa shape index (κ2) is 11.1. The minimum absolute atomic E-state index is 0.260. The van der Waals surface area contributed by atoms with Gasteiger partial charge in [0.2, 0.25) is 0 Å². The molecule has 1 aliphatic rings. The van der Waals surface area contributed by atoms with Crippen molar-refractivity contribution in [2.45, 2.75) is 76.1 Å². The van der Waals surface area contributed by atoms with Crippen molar-refractivity contribution >= 4 is 5.97 Å². The Morgan fingerprint density at radius 2 is 1.71 bits per heavy atom. The van der Waals surface area contributed by atoms with Crippen LogP contribution in [0, 0.1) is 5.92 Å². The van der Waals surface area contributed by atoms with Crippen LogP contribution in [0.3, 0.4) is 0 Å². The van der Waals surface area contributed by atoms with Crippen molar-refractivity contribution in [2.75, 3.05) is 13.2 Å². The molecular weight excluding hydrogens is 412 g/mol. The third kappa shape index (κ3) is 6.55. The molecule has 1 fully saturated rings. The molecule has 0 aliphatic heterocycles. The lowest BCUT2D eigenvalue weighted by atomic mass is 9.77. The van der Waals surface area contributed by atoms with Gasteiger partial charge in [0.1, 0.15) is 0 Å². The highest BCUT2D eigenvalue weighted by Crippen LogP contribution is 2.44. The largest absolute Gasteiger partial charge is 0.456 e. The van der Waals surface area contributed by atoms with Gasteiger partial charge in [-0.2, -0.15) is 17.6 Å². The first-order chi connectivity index (χ1) is 14.6. The zero-order valence-corrected chi connectivity index (χ0v) is 18.0. The minimum Gasteiger partial charge on any atom is -0.456 e. The van der Waals surface area contributed by atoms with E-state index in [1.165, 1.54) is 37.8 Å². The lowest BCUT2D eigenvalue weighted by Crippen LogP contribution is -2.42. The Bertz CT molecular complexity index is 723. The molecule has 0 saturated heterocycles. The molecule has 1 aliphatic carbocycles. The van der Waals surface area contributed by atoms with E-state index in [1.807, 2.05) is 0 Å². The number of halogens is 4. The lowest BCUT2D eigenvalue weighted by molar-refractivity contribution is -0.237. The number of hydrogen-bond acceptors (Lipinski definition) is 3. The summed E-state index contributed by atoms with van der Waals surface area (Å²) in [5, 5.41) is 8.73. The molecule has 1 saturated carbocycles. The van der Waals surface area contributed by atoms with Gasteiger partial charge in [-0.1, -0.05) is 63.5 Å². The molecule has 0 bridgehead atoms. The van der Waals surface area contributed by atoms with Crippen molar-refractivity contribution in [1.82, 2.24) is 0 Å². The molecule has 0 unspecified atom stereocenters. The van der Waals surface area contributed by atoms with E-state index in [1.54, 1.807) is 0 Å². The fourth-order valence-electron chi connectivity index (χ4n) is 4.06. The summed E-state index contributed by atoms with van der Waals surface area (Å²) < 4.78 is 61.3. The number of esters is 1. The molecule has 0 heterocycles. The zero-order chi connectivity index (χ0) is 23.1. The number of unbranched alkanes of at least 4 members (excludes halogenated alkanes) is 2. The maximum Gasteiger partial charge on any atom is 0.347 e. The molecule has 0 spiro atoms. The van der Waals surface area contributed by atoms with Crippen LogP contribution < -0.4 is 0 Å². The van der Waals surface area contributed by atoms with E-state index in [0.717, 1.165) is 49.3 Å². The third-order valence-electron chi connectivity index (χ3n) is 6.13.